The lowest BCUT2D eigenvalue weighted by Crippen LogP contribution is -2.49. The van der Waals surface area contributed by atoms with Crippen molar-refractivity contribution in [1.82, 2.24) is 29.9 Å². The van der Waals surface area contributed by atoms with E-state index in [1.807, 2.05) is 35.0 Å². The third kappa shape index (κ3) is 4.38. The van der Waals surface area contributed by atoms with Crippen molar-refractivity contribution < 1.29 is 4.79 Å². The van der Waals surface area contributed by atoms with Crippen LogP contribution < -0.4 is 5.32 Å². The summed E-state index contributed by atoms with van der Waals surface area (Å²) in [6.45, 7) is 4.82. The molecule has 2 N–H and O–H groups in total. The van der Waals surface area contributed by atoms with E-state index in [4.69, 9.17) is 12.2 Å². The Morgan fingerprint density at radius 3 is 2.54 bits per heavy atom. The van der Waals surface area contributed by atoms with Crippen LogP contribution in [0.3, 0.4) is 0 Å². The second kappa shape index (κ2) is 7.69. The first-order chi connectivity index (χ1) is 12.7. The molecule has 1 aromatic heterocycles. The van der Waals surface area contributed by atoms with Gasteiger partial charge in [0, 0.05) is 37.8 Å². The Hall–Kier alpha value is -2.03. The highest BCUT2D eigenvalue weighted by atomic mass is 32.1. The number of aromatic nitrogens is 3. The monoisotopic (exact) mass is 372 g/mol. The van der Waals surface area contributed by atoms with Gasteiger partial charge in [0.15, 0.2) is 5.82 Å². The molecule has 2 fully saturated rings. The summed E-state index contributed by atoms with van der Waals surface area (Å²) in [5.41, 5.74) is 1.03. The summed E-state index contributed by atoms with van der Waals surface area (Å²) in [4.78, 5) is 20.9. The predicted octanol–water partition coefficient (Wildman–Crippen LogP) is 1.46. The first-order valence-corrected chi connectivity index (χ1v) is 9.54. The first-order valence-electron chi connectivity index (χ1n) is 9.14. The number of H-pyrrole nitrogens is 1. The average molecular weight is 372 g/mol. The van der Waals surface area contributed by atoms with Crippen LogP contribution in [-0.4, -0.2) is 69.2 Å². The maximum atomic E-state index is 11.9. The molecular formula is C18H24N6OS. The van der Waals surface area contributed by atoms with Gasteiger partial charge in [0.2, 0.25) is 10.7 Å². The zero-order valence-electron chi connectivity index (χ0n) is 14.7. The van der Waals surface area contributed by atoms with E-state index in [0.29, 0.717) is 24.0 Å². The van der Waals surface area contributed by atoms with Crippen LogP contribution in [-0.2, 0) is 11.5 Å². The van der Waals surface area contributed by atoms with Crippen molar-refractivity contribution in [1.29, 1.82) is 0 Å². The molecule has 0 bridgehead atoms. The lowest BCUT2D eigenvalue weighted by atomic mass is 10.2. The van der Waals surface area contributed by atoms with Crippen LogP contribution in [0.15, 0.2) is 30.3 Å². The van der Waals surface area contributed by atoms with Crippen LogP contribution in [0.1, 0.15) is 12.8 Å². The lowest BCUT2D eigenvalue weighted by molar-refractivity contribution is -0.122. The second-order valence-corrected chi connectivity index (χ2v) is 7.39. The van der Waals surface area contributed by atoms with Crippen molar-refractivity contribution in [2.24, 2.45) is 0 Å². The Bertz CT molecular complexity index is 805. The molecule has 1 aromatic carbocycles. The van der Waals surface area contributed by atoms with Crippen LogP contribution >= 0.6 is 12.2 Å². The highest BCUT2D eigenvalue weighted by molar-refractivity contribution is 7.71. The Kier molecular flexibility index (Phi) is 5.14. The number of rotatable bonds is 6. The van der Waals surface area contributed by atoms with E-state index in [-0.39, 0.29) is 5.91 Å². The molecule has 0 atom stereocenters. The number of aromatic amines is 1. The number of hydrogen-bond donors (Lipinski definition) is 2. The minimum atomic E-state index is 0.157. The first kappa shape index (κ1) is 17.4. The van der Waals surface area contributed by atoms with Gasteiger partial charge in [-0.3, -0.25) is 19.7 Å². The molecule has 0 radical (unpaired) electrons. The minimum absolute atomic E-state index is 0.157. The highest BCUT2D eigenvalue weighted by Crippen LogP contribution is 2.18. The summed E-state index contributed by atoms with van der Waals surface area (Å²) < 4.78 is 2.47. The molecule has 4 rings (SSSR count). The maximum Gasteiger partial charge on any atom is 0.234 e. The second-order valence-electron chi connectivity index (χ2n) is 7.03. The smallest absolute Gasteiger partial charge is 0.234 e. The van der Waals surface area contributed by atoms with Crippen molar-refractivity contribution in [2.45, 2.75) is 25.6 Å². The highest BCUT2D eigenvalue weighted by Gasteiger charge is 2.25. The Labute approximate surface area is 158 Å². The topological polar surface area (TPSA) is 69.2 Å². The van der Waals surface area contributed by atoms with Gasteiger partial charge in [-0.05, 0) is 25.1 Å². The molecule has 2 heterocycles. The maximum absolute atomic E-state index is 11.9. The van der Waals surface area contributed by atoms with Gasteiger partial charge in [-0.1, -0.05) is 30.3 Å². The normalized spacial score (nSPS) is 18.8. The average Bonchev–Trinajstić information content (AvgIpc) is 3.39. The van der Waals surface area contributed by atoms with Crippen LogP contribution in [0.25, 0.3) is 11.4 Å². The summed E-state index contributed by atoms with van der Waals surface area (Å²) in [6.07, 6.45) is 2.27. The van der Waals surface area contributed by atoms with E-state index < -0.39 is 0 Å². The minimum Gasteiger partial charge on any atom is -0.352 e. The van der Waals surface area contributed by atoms with Gasteiger partial charge < -0.3 is 5.32 Å². The van der Waals surface area contributed by atoms with Gasteiger partial charge in [0.05, 0.1) is 13.2 Å². The van der Waals surface area contributed by atoms with Crippen molar-refractivity contribution in [3.8, 4) is 11.4 Å². The fourth-order valence-electron chi connectivity index (χ4n) is 3.17. The molecule has 2 aliphatic rings. The number of carbonyl (C=O) groups excluding carboxylic acids is 1. The van der Waals surface area contributed by atoms with Crippen LogP contribution in [0, 0.1) is 4.77 Å². The summed E-state index contributed by atoms with van der Waals surface area (Å²) in [7, 11) is 0. The molecule has 0 unspecified atom stereocenters. The van der Waals surface area contributed by atoms with Crippen molar-refractivity contribution >= 4 is 18.1 Å². The molecule has 1 saturated carbocycles. The Morgan fingerprint density at radius 1 is 1.15 bits per heavy atom. The Balaban J connectivity index is 1.29. The van der Waals surface area contributed by atoms with Gasteiger partial charge >= 0.3 is 0 Å². The van der Waals surface area contributed by atoms with Gasteiger partial charge in [0.1, 0.15) is 0 Å². The largest absolute Gasteiger partial charge is 0.352 e. The number of piperazine rings is 1. The molecule has 1 amide bonds. The molecule has 8 heteroatoms. The van der Waals surface area contributed by atoms with E-state index >= 15 is 0 Å². The number of nitrogens with zero attached hydrogens (tertiary/aromatic N) is 4. The summed E-state index contributed by atoms with van der Waals surface area (Å²) in [5.74, 6) is 0.954. The van der Waals surface area contributed by atoms with Gasteiger partial charge in [0.25, 0.3) is 0 Å². The quantitative estimate of drug-likeness (QED) is 0.752. The van der Waals surface area contributed by atoms with Crippen LogP contribution in [0.4, 0.5) is 0 Å². The molecule has 1 aliphatic carbocycles. The number of amides is 1. The van der Waals surface area contributed by atoms with E-state index in [0.717, 1.165) is 50.4 Å². The number of hydrogen-bond acceptors (Lipinski definition) is 5. The number of nitrogens with one attached hydrogen (secondary N) is 2. The molecular weight excluding hydrogens is 348 g/mol. The molecule has 7 nitrogen and oxygen atoms in total. The van der Waals surface area contributed by atoms with Crippen LogP contribution in [0.2, 0.25) is 0 Å². The number of carbonyl (C=O) groups is 1. The summed E-state index contributed by atoms with van der Waals surface area (Å²) >= 11 is 5.40. The van der Waals surface area contributed by atoms with Crippen molar-refractivity contribution in [2.75, 3.05) is 32.7 Å². The molecule has 1 aliphatic heterocycles. The van der Waals surface area contributed by atoms with Gasteiger partial charge in [-0.2, -0.15) is 4.98 Å². The molecule has 0 spiro atoms. The Morgan fingerprint density at radius 2 is 1.85 bits per heavy atom. The van der Waals surface area contributed by atoms with Crippen molar-refractivity contribution in [3.63, 3.8) is 0 Å². The van der Waals surface area contributed by atoms with E-state index in [2.05, 4.69) is 25.2 Å². The van der Waals surface area contributed by atoms with E-state index in [1.165, 1.54) is 0 Å². The molecule has 138 valence electrons. The van der Waals surface area contributed by atoms with Crippen molar-refractivity contribution in [3.05, 3.63) is 35.1 Å². The third-order valence-corrected chi connectivity index (χ3v) is 5.15. The van der Waals surface area contributed by atoms with Crippen LogP contribution in [0.5, 0.6) is 0 Å². The van der Waals surface area contributed by atoms with E-state index in [1.54, 1.807) is 0 Å². The zero-order valence-corrected chi connectivity index (χ0v) is 15.5. The molecule has 2 aromatic rings. The number of benzene rings is 1. The lowest BCUT2D eigenvalue weighted by Gasteiger charge is -2.34. The molecule has 1 saturated heterocycles. The van der Waals surface area contributed by atoms with Gasteiger partial charge in [-0.25, -0.2) is 4.68 Å². The summed E-state index contributed by atoms with van der Waals surface area (Å²) in [5, 5.41) is 6.35. The fourth-order valence-corrected chi connectivity index (χ4v) is 3.37. The zero-order chi connectivity index (χ0) is 17.9. The fraction of sp³-hybridized carbons (Fsp3) is 0.500. The summed E-state index contributed by atoms with van der Waals surface area (Å²) in [6, 6.07) is 10.4. The molecule has 26 heavy (non-hydrogen) atoms. The van der Waals surface area contributed by atoms with E-state index in [9.17, 15) is 4.79 Å². The SMILES string of the molecule is O=C(CN1CCN(Cn2[nH]c(-c3ccccc3)nc2=S)CC1)NC1CC1. The third-order valence-electron chi connectivity index (χ3n) is 4.84. The van der Waals surface area contributed by atoms with Gasteiger partial charge in [-0.15, -0.1) is 0 Å². The predicted molar refractivity (Wildman–Crippen MR) is 102 cm³/mol. The standard InChI is InChI=1S/C18H24N6OS/c25-16(19-15-6-7-15)12-22-8-10-23(11-9-22)13-24-18(26)20-17(21-24)14-4-2-1-3-5-14/h1-5,15H,6-13H2,(H,19,25)(H,20,21,26).